The molecule has 2 aromatic heterocycles. The van der Waals surface area contributed by atoms with Crippen molar-refractivity contribution in [1.82, 2.24) is 9.97 Å². The number of nitrogens with one attached hydrogen (secondary N) is 2. The van der Waals surface area contributed by atoms with Crippen LogP contribution in [0.25, 0.3) is 10.9 Å². The first-order valence-corrected chi connectivity index (χ1v) is 2.78. The first-order chi connectivity index (χ1) is 4.38. The zero-order valence-electron chi connectivity index (χ0n) is 4.81. The molecule has 0 bridgehead atoms. The van der Waals surface area contributed by atoms with E-state index in [-0.39, 0.29) is 0 Å². The molecular formula is C6H7N3. The van der Waals surface area contributed by atoms with E-state index in [0.717, 1.165) is 10.9 Å². The molecule has 0 saturated heterocycles. The summed E-state index contributed by atoms with van der Waals surface area (Å²) in [4.78, 5) is 5.91. The number of fused-ring (bicyclic) bond motifs is 1. The number of H-pyrrole nitrogens is 2. The first-order valence-electron chi connectivity index (χ1n) is 2.78. The Morgan fingerprint density at radius 3 is 3.00 bits per heavy atom. The smallest absolute Gasteiger partial charge is 0.125 e. The van der Waals surface area contributed by atoms with E-state index in [9.17, 15) is 0 Å². The lowest BCUT2D eigenvalue weighted by Gasteiger charge is -1.80. The van der Waals surface area contributed by atoms with Gasteiger partial charge in [-0.25, -0.2) is 0 Å². The van der Waals surface area contributed by atoms with Gasteiger partial charge in [-0.2, -0.15) is 0 Å². The van der Waals surface area contributed by atoms with Crippen molar-refractivity contribution in [3.05, 3.63) is 18.5 Å². The summed E-state index contributed by atoms with van der Waals surface area (Å²) in [5.74, 6) is 0.704. The summed E-state index contributed by atoms with van der Waals surface area (Å²) >= 11 is 0. The van der Waals surface area contributed by atoms with Crippen molar-refractivity contribution in [2.45, 2.75) is 0 Å². The fourth-order valence-corrected chi connectivity index (χ4v) is 0.963. The van der Waals surface area contributed by atoms with Crippen LogP contribution >= 0.6 is 0 Å². The number of aromatic amines is 2. The molecule has 0 radical (unpaired) electrons. The van der Waals surface area contributed by atoms with Crippen LogP contribution in [0.15, 0.2) is 18.5 Å². The molecule has 0 aliphatic rings. The van der Waals surface area contributed by atoms with E-state index in [2.05, 4.69) is 9.97 Å². The Kier molecular flexibility index (Phi) is 0.656. The molecule has 3 heteroatoms. The predicted octanol–water partition coefficient (Wildman–Crippen LogP) is 1.08. The molecule has 0 aromatic carbocycles. The maximum Gasteiger partial charge on any atom is 0.125 e. The highest BCUT2D eigenvalue weighted by atomic mass is 14.9. The highest BCUT2D eigenvalue weighted by Gasteiger charge is 1.97. The van der Waals surface area contributed by atoms with Gasteiger partial charge in [-0.1, -0.05) is 0 Å². The zero-order chi connectivity index (χ0) is 6.27. The second kappa shape index (κ2) is 1.31. The molecule has 0 saturated carbocycles. The Morgan fingerprint density at radius 1 is 1.33 bits per heavy atom. The van der Waals surface area contributed by atoms with Gasteiger partial charge in [0.15, 0.2) is 0 Å². The number of nitrogen functional groups attached to an aromatic ring is 1. The number of nitrogens with two attached hydrogens (primary N) is 1. The molecule has 4 N–H and O–H groups in total. The van der Waals surface area contributed by atoms with Crippen molar-refractivity contribution < 1.29 is 0 Å². The van der Waals surface area contributed by atoms with Crippen LogP contribution in [0.5, 0.6) is 0 Å². The van der Waals surface area contributed by atoms with Crippen molar-refractivity contribution in [2.24, 2.45) is 0 Å². The molecule has 0 unspecified atom stereocenters. The molecule has 2 rings (SSSR count). The molecule has 9 heavy (non-hydrogen) atoms. The second-order valence-electron chi connectivity index (χ2n) is 2.01. The van der Waals surface area contributed by atoms with Gasteiger partial charge in [0.2, 0.25) is 0 Å². The Balaban J connectivity index is 2.99. The summed E-state index contributed by atoms with van der Waals surface area (Å²) in [6.07, 6.45) is 3.75. The molecule has 46 valence electrons. The molecule has 0 spiro atoms. The van der Waals surface area contributed by atoms with Crippen molar-refractivity contribution in [3.63, 3.8) is 0 Å². The average Bonchev–Trinajstić information content (AvgIpc) is 2.35. The van der Waals surface area contributed by atoms with Gasteiger partial charge >= 0.3 is 0 Å². The zero-order valence-corrected chi connectivity index (χ0v) is 4.81. The van der Waals surface area contributed by atoms with E-state index < -0.39 is 0 Å². The van der Waals surface area contributed by atoms with Crippen LogP contribution in [0.3, 0.4) is 0 Å². The fraction of sp³-hybridized carbons (Fsp3) is 0. The van der Waals surface area contributed by atoms with Crippen LogP contribution in [-0.4, -0.2) is 9.97 Å². The van der Waals surface area contributed by atoms with Crippen LogP contribution in [-0.2, 0) is 0 Å². The van der Waals surface area contributed by atoms with Gasteiger partial charge in [-0.05, 0) is 6.07 Å². The predicted molar refractivity (Wildman–Crippen MR) is 37.1 cm³/mol. The standard InChI is InChI=1S/C6H7N3/c7-6-5-4(3-9-6)1-2-8-5/h1-3,8-9H,7H2. The van der Waals surface area contributed by atoms with E-state index in [4.69, 9.17) is 5.73 Å². The molecular weight excluding hydrogens is 114 g/mol. The normalized spacial score (nSPS) is 10.7. The minimum Gasteiger partial charge on any atom is -0.384 e. The maximum atomic E-state index is 5.53. The Morgan fingerprint density at radius 2 is 2.22 bits per heavy atom. The van der Waals surface area contributed by atoms with Crippen LogP contribution in [0, 0.1) is 0 Å². The lowest BCUT2D eigenvalue weighted by atomic mass is 10.4. The third-order valence-electron chi connectivity index (χ3n) is 1.43. The largest absolute Gasteiger partial charge is 0.384 e. The van der Waals surface area contributed by atoms with E-state index in [1.807, 2.05) is 18.5 Å². The van der Waals surface area contributed by atoms with E-state index in [0.29, 0.717) is 5.82 Å². The summed E-state index contributed by atoms with van der Waals surface area (Å²) in [6.45, 7) is 0. The third-order valence-corrected chi connectivity index (χ3v) is 1.43. The summed E-state index contributed by atoms with van der Waals surface area (Å²) in [7, 11) is 0. The quantitative estimate of drug-likeness (QED) is 0.480. The lowest BCUT2D eigenvalue weighted by molar-refractivity contribution is 1.39. The monoisotopic (exact) mass is 121 g/mol. The van der Waals surface area contributed by atoms with Gasteiger partial charge in [0, 0.05) is 17.8 Å². The van der Waals surface area contributed by atoms with Gasteiger partial charge in [-0.15, -0.1) is 0 Å². The number of aromatic nitrogens is 2. The molecule has 2 aromatic rings. The Labute approximate surface area is 51.9 Å². The molecule has 0 amide bonds. The number of rotatable bonds is 0. The minimum atomic E-state index is 0.704. The van der Waals surface area contributed by atoms with Crippen LogP contribution in [0.2, 0.25) is 0 Å². The SMILES string of the molecule is Nc1[nH]cc2cc[nH]c12. The molecule has 2 heterocycles. The van der Waals surface area contributed by atoms with Gasteiger partial charge in [-0.3, -0.25) is 0 Å². The van der Waals surface area contributed by atoms with Crippen LogP contribution in [0.1, 0.15) is 0 Å². The van der Waals surface area contributed by atoms with Gasteiger partial charge in [0.05, 0.1) is 5.52 Å². The maximum absolute atomic E-state index is 5.53. The number of anilines is 1. The van der Waals surface area contributed by atoms with Crippen LogP contribution < -0.4 is 5.73 Å². The van der Waals surface area contributed by atoms with Crippen molar-refractivity contribution in [1.29, 1.82) is 0 Å². The fourth-order valence-electron chi connectivity index (χ4n) is 0.963. The van der Waals surface area contributed by atoms with Gasteiger partial charge in [0.1, 0.15) is 5.82 Å². The van der Waals surface area contributed by atoms with Gasteiger partial charge in [0.25, 0.3) is 0 Å². The van der Waals surface area contributed by atoms with Gasteiger partial charge < -0.3 is 15.7 Å². The van der Waals surface area contributed by atoms with Crippen molar-refractivity contribution >= 4 is 16.7 Å². The minimum absolute atomic E-state index is 0.704. The Bertz CT molecular complexity index is 317. The first kappa shape index (κ1) is 4.49. The topological polar surface area (TPSA) is 57.6 Å². The molecule has 0 fully saturated rings. The summed E-state index contributed by atoms with van der Waals surface area (Å²) in [6, 6.07) is 1.97. The molecule has 0 aliphatic carbocycles. The van der Waals surface area contributed by atoms with E-state index in [1.54, 1.807) is 0 Å². The second-order valence-corrected chi connectivity index (χ2v) is 2.01. The number of hydrogen-bond donors (Lipinski definition) is 3. The van der Waals surface area contributed by atoms with Crippen LogP contribution in [0.4, 0.5) is 5.82 Å². The highest BCUT2D eigenvalue weighted by molar-refractivity contribution is 5.88. The average molecular weight is 121 g/mol. The summed E-state index contributed by atoms with van der Waals surface area (Å²) in [5, 5.41) is 1.13. The molecule has 3 nitrogen and oxygen atoms in total. The summed E-state index contributed by atoms with van der Waals surface area (Å²) in [5.41, 5.74) is 6.53. The lowest BCUT2D eigenvalue weighted by Crippen LogP contribution is -1.82. The molecule has 0 atom stereocenters. The van der Waals surface area contributed by atoms with Crippen molar-refractivity contribution in [2.75, 3.05) is 5.73 Å². The van der Waals surface area contributed by atoms with E-state index in [1.165, 1.54) is 0 Å². The Hall–Kier alpha value is -1.38. The van der Waals surface area contributed by atoms with E-state index >= 15 is 0 Å². The molecule has 0 aliphatic heterocycles. The third kappa shape index (κ3) is 0.455. The highest BCUT2D eigenvalue weighted by Crippen LogP contribution is 2.16. The number of hydrogen-bond acceptors (Lipinski definition) is 1. The summed E-state index contributed by atoms with van der Waals surface area (Å²) < 4.78 is 0. The van der Waals surface area contributed by atoms with Crippen molar-refractivity contribution in [3.8, 4) is 0 Å².